The van der Waals surface area contributed by atoms with E-state index in [0.29, 0.717) is 0 Å². The van der Waals surface area contributed by atoms with E-state index in [9.17, 15) is 13.2 Å². The van der Waals surface area contributed by atoms with Crippen LogP contribution in [0.25, 0.3) is 0 Å². The summed E-state index contributed by atoms with van der Waals surface area (Å²) in [5, 5.41) is 3.16. The van der Waals surface area contributed by atoms with Crippen LogP contribution in [0.15, 0.2) is 30.3 Å². The molecule has 2 rings (SSSR count). The molecule has 2 aromatic rings. The highest BCUT2D eigenvalue weighted by atomic mass is 35.5. The van der Waals surface area contributed by atoms with E-state index in [-0.39, 0.29) is 27.4 Å². The molecule has 0 bridgehead atoms. The summed E-state index contributed by atoms with van der Waals surface area (Å²) < 4.78 is 38.0. The van der Waals surface area contributed by atoms with Gasteiger partial charge in [-0.2, -0.15) is 13.2 Å². The van der Waals surface area contributed by atoms with Gasteiger partial charge in [0.1, 0.15) is 11.6 Å². The Labute approximate surface area is 122 Å². The number of nitrogens with one attached hydrogen (secondary N) is 1. The Morgan fingerprint density at radius 3 is 2.25 bits per heavy atom. The number of hydrogen-bond acceptors (Lipinski definition) is 3. The van der Waals surface area contributed by atoms with Crippen LogP contribution in [0, 0.1) is 0 Å². The number of pyridine rings is 1. The van der Waals surface area contributed by atoms with E-state index in [0.717, 1.165) is 12.1 Å². The van der Waals surface area contributed by atoms with Crippen LogP contribution in [0.4, 0.5) is 30.5 Å². The molecule has 0 aliphatic rings. The Kier molecular flexibility index (Phi) is 3.96. The van der Waals surface area contributed by atoms with Crippen LogP contribution in [-0.4, -0.2) is 4.98 Å². The molecule has 0 fully saturated rings. The second-order valence-electron chi connectivity index (χ2n) is 3.89. The molecule has 0 radical (unpaired) electrons. The Balaban J connectivity index is 2.42. The van der Waals surface area contributed by atoms with E-state index >= 15 is 0 Å². The molecule has 1 aromatic heterocycles. The minimum absolute atomic E-state index is 0.0904. The van der Waals surface area contributed by atoms with Crippen molar-refractivity contribution in [3.63, 3.8) is 0 Å². The van der Waals surface area contributed by atoms with Crippen LogP contribution >= 0.6 is 23.2 Å². The normalized spacial score (nSPS) is 11.4. The molecule has 0 aliphatic heterocycles. The van der Waals surface area contributed by atoms with Crippen LogP contribution in [0.3, 0.4) is 0 Å². The third-order valence-corrected chi connectivity index (χ3v) is 3.02. The molecular weight excluding hydrogens is 314 g/mol. The van der Waals surface area contributed by atoms with E-state index < -0.39 is 11.7 Å². The second-order valence-corrected chi connectivity index (χ2v) is 4.70. The summed E-state index contributed by atoms with van der Waals surface area (Å²) >= 11 is 11.8. The maximum atomic E-state index is 12.7. The van der Waals surface area contributed by atoms with Crippen molar-refractivity contribution in [2.75, 3.05) is 11.1 Å². The summed E-state index contributed by atoms with van der Waals surface area (Å²) in [5.74, 6) is -0.349. The van der Waals surface area contributed by atoms with Crippen molar-refractivity contribution in [3.8, 4) is 0 Å². The number of para-hydroxylation sites is 1. The summed E-state index contributed by atoms with van der Waals surface area (Å²) in [6, 6.07) is 6.29. The highest BCUT2D eigenvalue weighted by molar-refractivity contribution is 6.39. The Bertz CT molecular complexity index is 624. The molecule has 0 amide bonds. The van der Waals surface area contributed by atoms with Gasteiger partial charge in [0, 0.05) is 0 Å². The number of nitrogens with zero attached hydrogens (tertiary/aromatic N) is 1. The number of alkyl halides is 3. The number of nitrogen functional groups attached to an aromatic ring is 1. The molecule has 0 unspecified atom stereocenters. The fourth-order valence-electron chi connectivity index (χ4n) is 1.52. The molecule has 8 heteroatoms. The molecule has 0 spiro atoms. The number of rotatable bonds is 2. The first kappa shape index (κ1) is 14.7. The monoisotopic (exact) mass is 321 g/mol. The van der Waals surface area contributed by atoms with Crippen molar-refractivity contribution < 1.29 is 13.2 Å². The predicted molar refractivity (Wildman–Crippen MR) is 73.4 cm³/mol. The number of aromatic nitrogens is 1. The van der Waals surface area contributed by atoms with Crippen molar-refractivity contribution >= 4 is 40.5 Å². The summed E-state index contributed by atoms with van der Waals surface area (Å²) in [6.07, 6.45) is -4.52. The maximum Gasteiger partial charge on any atom is 0.416 e. The van der Waals surface area contributed by atoms with E-state index in [1.165, 1.54) is 0 Å². The molecular formula is C12H8Cl2F3N3. The van der Waals surface area contributed by atoms with Crippen molar-refractivity contribution in [2.24, 2.45) is 0 Å². The van der Waals surface area contributed by atoms with Gasteiger partial charge in [-0.1, -0.05) is 29.3 Å². The fraction of sp³-hybridized carbons (Fsp3) is 0.0833. The predicted octanol–water partition coefficient (Wildman–Crippen LogP) is 4.73. The quantitative estimate of drug-likeness (QED) is 0.840. The number of benzene rings is 1. The molecule has 3 N–H and O–H groups in total. The first-order chi connectivity index (χ1) is 9.27. The Morgan fingerprint density at radius 2 is 1.70 bits per heavy atom. The molecule has 0 saturated carbocycles. The lowest BCUT2D eigenvalue weighted by Crippen LogP contribution is -2.08. The smallest absolute Gasteiger partial charge is 0.384 e. The Morgan fingerprint density at radius 1 is 1.10 bits per heavy atom. The molecule has 3 nitrogen and oxygen atoms in total. The van der Waals surface area contributed by atoms with E-state index in [2.05, 4.69) is 10.3 Å². The van der Waals surface area contributed by atoms with Crippen LogP contribution in [0.5, 0.6) is 0 Å². The zero-order valence-electron chi connectivity index (χ0n) is 9.80. The third kappa shape index (κ3) is 3.26. The lowest BCUT2D eigenvalue weighted by atomic mass is 10.2. The van der Waals surface area contributed by atoms with Crippen LogP contribution in [0.2, 0.25) is 10.0 Å². The zero-order valence-corrected chi connectivity index (χ0v) is 11.3. The van der Waals surface area contributed by atoms with Crippen molar-refractivity contribution in [2.45, 2.75) is 6.18 Å². The van der Waals surface area contributed by atoms with Gasteiger partial charge in [0.15, 0.2) is 0 Å². The van der Waals surface area contributed by atoms with Gasteiger partial charge in [0.25, 0.3) is 0 Å². The average Bonchev–Trinajstić information content (AvgIpc) is 2.32. The van der Waals surface area contributed by atoms with Crippen molar-refractivity contribution in [1.82, 2.24) is 4.98 Å². The first-order valence-corrected chi connectivity index (χ1v) is 6.09. The minimum atomic E-state index is -4.52. The number of nitrogens with two attached hydrogens (primary N) is 1. The van der Waals surface area contributed by atoms with Gasteiger partial charge >= 0.3 is 6.18 Å². The van der Waals surface area contributed by atoms with Gasteiger partial charge < -0.3 is 11.1 Å². The van der Waals surface area contributed by atoms with Gasteiger partial charge in [-0.25, -0.2) is 4.98 Å². The first-order valence-electron chi connectivity index (χ1n) is 5.33. The van der Waals surface area contributed by atoms with Crippen LogP contribution in [0.1, 0.15) is 5.56 Å². The Hall–Kier alpha value is -1.66. The summed E-state index contributed by atoms with van der Waals surface area (Å²) in [6.45, 7) is 0. The number of anilines is 3. The molecule has 1 aromatic carbocycles. The summed E-state index contributed by atoms with van der Waals surface area (Å²) in [7, 11) is 0. The van der Waals surface area contributed by atoms with Gasteiger partial charge in [0.2, 0.25) is 0 Å². The minimum Gasteiger partial charge on any atom is -0.384 e. The third-order valence-electron chi connectivity index (χ3n) is 2.39. The van der Waals surface area contributed by atoms with Crippen molar-refractivity contribution in [3.05, 3.63) is 45.9 Å². The number of halogens is 5. The van der Waals surface area contributed by atoms with Crippen LogP contribution in [-0.2, 0) is 6.18 Å². The van der Waals surface area contributed by atoms with Crippen LogP contribution < -0.4 is 11.1 Å². The zero-order chi connectivity index (χ0) is 14.9. The topological polar surface area (TPSA) is 50.9 Å². The standard InChI is InChI=1S/C12H8Cl2F3N3/c13-7-2-1-3-8(14)11(7)20-10-5-6(12(15,16)17)4-9(18)19-10/h1-5H,(H3,18,19,20). The molecule has 1 heterocycles. The highest BCUT2D eigenvalue weighted by Crippen LogP contribution is 2.35. The summed E-state index contributed by atoms with van der Waals surface area (Å²) in [5.41, 5.74) is 4.73. The van der Waals surface area contributed by atoms with Gasteiger partial charge in [-0.05, 0) is 24.3 Å². The van der Waals surface area contributed by atoms with Crippen molar-refractivity contribution in [1.29, 1.82) is 0 Å². The van der Waals surface area contributed by atoms with Gasteiger partial charge in [-0.3, -0.25) is 0 Å². The second kappa shape index (κ2) is 5.38. The molecule has 0 saturated heterocycles. The largest absolute Gasteiger partial charge is 0.416 e. The number of hydrogen-bond donors (Lipinski definition) is 2. The maximum absolute atomic E-state index is 12.7. The van der Waals surface area contributed by atoms with E-state index in [4.69, 9.17) is 28.9 Å². The van der Waals surface area contributed by atoms with Gasteiger partial charge in [-0.15, -0.1) is 0 Å². The lowest BCUT2D eigenvalue weighted by Gasteiger charge is -2.13. The lowest BCUT2D eigenvalue weighted by molar-refractivity contribution is -0.137. The SMILES string of the molecule is Nc1cc(C(F)(F)F)cc(Nc2c(Cl)cccc2Cl)n1. The summed E-state index contributed by atoms with van der Waals surface area (Å²) in [4.78, 5) is 3.77. The molecule has 106 valence electrons. The van der Waals surface area contributed by atoms with E-state index in [1.54, 1.807) is 18.2 Å². The van der Waals surface area contributed by atoms with E-state index in [1.807, 2.05) is 0 Å². The average molecular weight is 322 g/mol. The molecule has 0 atom stereocenters. The molecule has 0 aliphatic carbocycles. The highest BCUT2D eigenvalue weighted by Gasteiger charge is 2.31. The fourth-order valence-corrected chi connectivity index (χ4v) is 2.02. The van der Waals surface area contributed by atoms with Gasteiger partial charge in [0.05, 0.1) is 21.3 Å². The molecule has 20 heavy (non-hydrogen) atoms.